The summed E-state index contributed by atoms with van der Waals surface area (Å²) in [6.07, 6.45) is 6.68. The first-order valence-electron chi connectivity index (χ1n) is 3.74. The molecule has 0 radical (unpaired) electrons. The largest absolute Gasteiger partial charge is 0.250 e. The van der Waals surface area contributed by atoms with Crippen molar-refractivity contribution in [3.8, 4) is 0 Å². The zero-order chi connectivity index (χ0) is 8.67. The molecule has 62 valence electrons. The Balaban J connectivity index is 2.64. The highest BCUT2D eigenvalue weighted by Crippen LogP contribution is 2.27. The van der Waals surface area contributed by atoms with E-state index in [0.29, 0.717) is 0 Å². The van der Waals surface area contributed by atoms with Crippen molar-refractivity contribution >= 4 is 31.9 Å². The van der Waals surface area contributed by atoms with Gasteiger partial charge in [-0.3, -0.25) is 0 Å². The molecule has 3 rings (SSSR count). The molecule has 0 amide bonds. The van der Waals surface area contributed by atoms with Crippen molar-refractivity contribution in [1.29, 1.82) is 0 Å². The lowest BCUT2D eigenvalue weighted by Gasteiger charge is -1.85. The molecule has 0 fully saturated rings. The van der Waals surface area contributed by atoms with Gasteiger partial charge >= 0.3 is 0 Å². The van der Waals surface area contributed by atoms with Gasteiger partial charge in [0.05, 0.1) is 4.70 Å². The van der Waals surface area contributed by atoms with Gasteiger partial charge in [0, 0.05) is 18.6 Å². The normalized spacial score (nSPS) is 11.1. The molecule has 3 aromatic rings. The van der Waals surface area contributed by atoms with Gasteiger partial charge in [-0.2, -0.15) is 0 Å². The van der Waals surface area contributed by atoms with Gasteiger partial charge < -0.3 is 0 Å². The number of hydrogen-bond acceptors (Lipinski definition) is 5. The van der Waals surface area contributed by atoms with Crippen molar-refractivity contribution < 1.29 is 0 Å². The zero-order valence-electron chi connectivity index (χ0n) is 6.51. The summed E-state index contributed by atoms with van der Waals surface area (Å²) in [4.78, 5) is 17.5. The number of rotatable bonds is 0. The SMILES string of the molecule is c1cnc2c(n1)sc1cncnc12. The Morgan fingerprint density at radius 1 is 1.00 bits per heavy atom. The Bertz CT molecular complexity index is 524. The molecule has 0 aromatic carbocycles. The molecule has 0 saturated heterocycles. The lowest BCUT2D eigenvalue weighted by molar-refractivity contribution is 1.23. The van der Waals surface area contributed by atoms with E-state index in [-0.39, 0.29) is 0 Å². The number of thiophene rings is 1. The van der Waals surface area contributed by atoms with E-state index in [4.69, 9.17) is 0 Å². The molecule has 13 heavy (non-hydrogen) atoms. The lowest BCUT2D eigenvalue weighted by atomic mass is 10.4. The Kier molecular flexibility index (Phi) is 1.28. The highest BCUT2D eigenvalue weighted by Gasteiger charge is 2.06. The summed E-state index contributed by atoms with van der Waals surface area (Å²) in [6.45, 7) is 0. The maximum absolute atomic E-state index is 4.23. The second-order valence-electron chi connectivity index (χ2n) is 2.55. The molecule has 0 spiro atoms. The summed E-state index contributed by atoms with van der Waals surface area (Å²) in [5.74, 6) is 0. The van der Waals surface area contributed by atoms with Crippen LogP contribution in [0.3, 0.4) is 0 Å². The van der Waals surface area contributed by atoms with Crippen LogP contribution in [0, 0.1) is 0 Å². The third kappa shape index (κ3) is 0.905. The summed E-state index contributed by atoms with van der Waals surface area (Å²) < 4.78 is 1.03. The molecule has 3 aromatic heterocycles. The van der Waals surface area contributed by atoms with E-state index < -0.39 is 0 Å². The van der Waals surface area contributed by atoms with Gasteiger partial charge in [-0.05, 0) is 0 Å². The molecule has 4 nitrogen and oxygen atoms in total. The van der Waals surface area contributed by atoms with Crippen LogP contribution in [0.2, 0.25) is 0 Å². The monoisotopic (exact) mass is 188 g/mol. The molecule has 0 bridgehead atoms. The average molecular weight is 188 g/mol. The van der Waals surface area contributed by atoms with Gasteiger partial charge in [-0.25, -0.2) is 19.9 Å². The van der Waals surface area contributed by atoms with Gasteiger partial charge in [0.15, 0.2) is 0 Å². The molecular formula is C8H4N4S. The number of fused-ring (bicyclic) bond motifs is 3. The van der Waals surface area contributed by atoms with E-state index in [2.05, 4.69) is 19.9 Å². The average Bonchev–Trinajstić information content (AvgIpc) is 2.56. The fourth-order valence-corrected chi connectivity index (χ4v) is 2.16. The quantitative estimate of drug-likeness (QED) is 0.538. The standard InChI is InChI=1S/C8H4N4S/c1-2-11-8-7(10-1)6-5(13-8)3-9-4-12-6/h1-4H. The van der Waals surface area contributed by atoms with Crippen LogP contribution in [0.5, 0.6) is 0 Å². The summed E-state index contributed by atoms with van der Waals surface area (Å²) in [7, 11) is 0. The summed E-state index contributed by atoms with van der Waals surface area (Å²) in [6, 6.07) is 0. The summed E-state index contributed by atoms with van der Waals surface area (Å²) in [5, 5.41) is 0. The minimum Gasteiger partial charge on any atom is -0.250 e. The van der Waals surface area contributed by atoms with Crippen LogP contribution < -0.4 is 0 Å². The van der Waals surface area contributed by atoms with Gasteiger partial charge in [0.25, 0.3) is 0 Å². The van der Waals surface area contributed by atoms with Gasteiger partial charge in [0.1, 0.15) is 22.2 Å². The first-order valence-corrected chi connectivity index (χ1v) is 4.56. The Labute approximate surface area is 77.3 Å². The molecule has 0 N–H and O–H groups in total. The lowest BCUT2D eigenvalue weighted by Crippen LogP contribution is -1.78. The molecule has 0 aliphatic carbocycles. The second-order valence-corrected chi connectivity index (χ2v) is 3.58. The number of nitrogens with zero attached hydrogens (tertiary/aromatic N) is 4. The van der Waals surface area contributed by atoms with Crippen molar-refractivity contribution in [3.63, 3.8) is 0 Å². The smallest absolute Gasteiger partial charge is 0.144 e. The molecule has 5 heteroatoms. The minimum atomic E-state index is 0.866. The summed E-state index contributed by atoms with van der Waals surface area (Å²) >= 11 is 1.56. The maximum atomic E-state index is 4.23. The van der Waals surface area contributed by atoms with Gasteiger partial charge in [-0.1, -0.05) is 0 Å². The van der Waals surface area contributed by atoms with Crippen LogP contribution in [0.1, 0.15) is 0 Å². The van der Waals surface area contributed by atoms with Crippen molar-refractivity contribution in [2.75, 3.05) is 0 Å². The predicted molar refractivity (Wildman–Crippen MR) is 50.5 cm³/mol. The summed E-state index contributed by atoms with van der Waals surface area (Å²) in [5.41, 5.74) is 1.76. The number of aromatic nitrogens is 4. The fraction of sp³-hybridized carbons (Fsp3) is 0. The van der Waals surface area contributed by atoms with Gasteiger partial charge in [-0.15, -0.1) is 11.3 Å². The molecule has 0 atom stereocenters. The fourth-order valence-electron chi connectivity index (χ4n) is 1.24. The molecule has 3 heterocycles. The Hall–Kier alpha value is -1.62. The third-order valence-electron chi connectivity index (χ3n) is 1.77. The number of hydrogen-bond donors (Lipinski definition) is 0. The van der Waals surface area contributed by atoms with Crippen molar-refractivity contribution in [2.45, 2.75) is 0 Å². The van der Waals surface area contributed by atoms with Crippen molar-refractivity contribution in [1.82, 2.24) is 19.9 Å². The van der Waals surface area contributed by atoms with Crippen LogP contribution in [0.15, 0.2) is 24.9 Å². The van der Waals surface area contributed by atoms with Crippen LogP contribution in [0.25, 0.3) is 20.6 Å². The molecule has 0 aliphatic heterocycles. The maximum Gasteiger partial charge on any atom is 0.144 e. The van der Waals surface area contributed by atoms with E-state index in [1.165, 1.54) is 6.33 Å². The Morgan fingerprint density at radius 2 is 1.92 bits per heavy atom. The van der Waals surface area contributed by atoms with E-state index in [1.807, 2.05) is 0 Å². The predicted octanol–water partition coefficient (Wildman–Crippen LogP) is 1.63. The first-order chi connectivity index (χ1) is 6.45. The van der Waals surface area contributed by atoms with E-state index >= 15 is 0 Å². The highest BCUT2D eigenvalue weighted by molar-refractivity contribution is 7.25. The van der Waals surface area contributed by atoms with Crippen LogP contribution in [-0.2, 0) is 0 Å². The van der Waals surface area contributed by atoms with E-state index in [1.54, 1.807) is 29.9 Å². The van der Waals surface area contributed by atoms with E-state index in [9.17, 15) is 0 Å². The minimum absolute atomic E-state index is 0.866. The highest BCUT2D eigenvalue weighted by atomic mass is 32.1. The van der Waals surface area contributed by atoms with E-state index in [0.717, 1.165) is 20.6 Å². The molecule has 0 saturated carbocycles. The van der Waals surface area contributed by atoms with Crippen LogP contribution in [0.4, 0.5) is 0 Å². The van der Waals surface area contributed by atoms with Crippen molar-refractivity contribution in [2.24, 2.45) is 0 Å². The molecule has 0 aliphatic rings. The van der Waals surface area contributed by atoms with Crippen molar-refractivity contribution in [3.05, 3.63) is 24.9 Å². The second kappa shape index (κ2) is 2.43. The van der Waals surface area contributed by atoms with Crippen LogP contribution >= 0.6 is 11.3 Å². The first kappa shape index (κ1) is 6.85. The van der Waals surface area contributed by atoms with Crippen LogP contribution in [-0.4, -0.2) is 19.9 Å². The molecule has 0 unspecified atom stereocenters. The Morgan fingerprint density at radius 3 is 2.92 bits per heavy atom. The topological polar surface area (TPSA) is 51.6 Å². The van der Waals surface area contributed by atoms with Gasteiger partial charge in [0.2, 0.25) is 0 Å². The molecular weight excluding hydrogens is 184 g/mol. The third-order valence-corrected chi connectivity index (χ3v) is 2.79. The zero-order valence-corrected chi connectivity index (χ0v) is 7.32.